The van der Waals surface area contributed by atoms with Gasteiger partial charge < -0.3 is 19.5 Å². The first-order valence-electron chi connectivity index (χ1n) is 7.33. The predicted molar refractivity (Wildman–Crippen MR) is 77.3 cm³/mol. The first kappa shape index (κ1) is 14.2. The Kier molecular flexibility index (Phi) is 3.76. The maximum absolute atomic E-state index is 12.0. The van der Waals surface area contributed by atoms with E-state index in [1.165, 1.54) is 0 Å². The molecule has 0 bridgehead atoms. The first-order valence-corrected chi connectivity index (χ1v) is 7.33. The number of benzene rings is 1. The molecule has 2 aliphatic rings. The van der Waals surface area contributed by atoms with E-state index in [4.69, 9.17) is 9.47 Å². The lowest BCUT2D eigenvalue weighted by molar-refractivity contribution is -0.128. The number of hydrogen-bond donors (Lipinski definition) is 1. The zero-order valence-electron chi connectivity index (χ0n) is 12.4. The highest BCUT2D eigenvalue weighted by Crippen LogP contribution is 2.39. The average Bonchev–Trinajstić information content (AvgIpc) is 3.28. The Morgan fingerprint density at radius 1 is 1.24 bits per heavy atom. The van der Waals surface area contributed by atoms with Crippen LogP contribution < -0.4 is 9.47 Å². The van der Waals surface area contributed by atoms with Crippen molar-refractivity contribution in [2.45, 2.75) is 31.4 Å². The fourth-order valence-electron chi connectivity index (χ4n) is 3.02. The lowest BCUT2D eigenvalue weighted by Crippen LogP contribution is -2.28. The van der Waals surface area contributed by atoms with Gasteiger partial charge in [-0.3, -0.25) is 4.79 Å². The molecule has 0 spiro atoms. The van der Waals surface area contributed by atoms with E-state index in [0.717, 1.165) is 18.4 Å². The van der Waals surface area contributed by atoms with Crippen LogP contribution in [-0.4, -0.2) is 42.7 Å². The molecule has 1 aromatic rings. The standard InChI is InChI=1S/C16H21NO4/c1-20-13-6-3-10(7-14(13)21-2)16(19)11-8-15(18)17(9-11)12-4-5-12/h3,6-7,11-12,16,19H,4-5,8-9H2,1-2H3. The predicted octanol–water partition coefficient (Wildman–Crippen LogP) is 1.75. The Hall–Kier alpha value is -1.75. The summed E-state index contributed by atoms with van der Waals surface area (Å²) in [6.07, 6.45) is 1.97. The summed E-state index contributed by atoms with van der Waals surface area (Å²) in [4.78, 5) is 13.9. The third-order valence-corrected chi connectivity index (χ3v) is 4.37. The highest BCUT2D eigenvalue weighted by atomic mass is 16.5. The van der Waals surface area contributed by atoms with Gasteiger partial charge in [0.1, 0.15) is 0 Å². The Bertz CT molecular complexity index is 541. The summed E-state index contributed by atoms with van der Waals surface area (Å²) in [5.74, 6) is 1.35. The minimum Gasteiger partial charge on any atom is -0.493 e. The molecule has 1 heterocycles. The number of hydrogen-bond acceptors (Lipinski definition) is 4. The number of carbonyl (C=O) groups excluding carboxylic acids is 1. The largest absolute Gasteiger partial charge is 0.493 e. The molecule has 5 nitrogen and oxygen atoms in total. The van der Waals surface area contributed by atoms with Gasteiger partial charge in [-0.05, 0) is 30.5 Å². The topological polar surface area (TPSA) is 59.0 Å². The second-order valence-corrected chi connectivity index (χ2v) is 5.80. The minimum atomic E-state index is -0.655. The SMILES string of the molecule is COc1ccc(C(O)C2CC(=O)N(C3CC3)C2)cc1OC. The third kappa shape index (κ3) is 2.70. The molecule has 5 heteroatoms. The fraction of sp³-hybridized carbons (Fsp3) is 0.562. The molecule has 2 unspecified atom stereocenters. The summed E-state index contributed by atoms with van der Waals surface area (Å²) in [5, 5.41) is 10.6. The molecule has 1 N–H and O–H groups in total. The number of nitrogens with zero attached hydrogens (tertiary/aromatic N) is 1. The van der Waals surface area contributed by atoms with E-state index in [2.05, 4.69) is 0 Å². The van der Waals surface area contributed by atoms with Crippen LogP contribution in [0.3, 0.4) is 0 Å². The average molecular weight is 291 g/mol. The summed E-state index contributed by atoms with van der Waals surface area (Å²) >= 11 is 0. The van der Waals surface area contributed by atoms with Crippen molar-refractivity contribution < 1.29 is 19.4 Å². The van der Waals surface area contributed by atoms with Gasteiger partial charge in [0.15, 0.2) is 11.5 Å². The molecule has 0 radical (unpaired) electrons. The van der Waals surface area contributed by atoms with Crippen LogP contribution in [0.15, 0.2) is 18.2 Å². The Morgan fingerprint density at radius 2 is 1.95 bits per heavy atom. The smallest absolute Gasteiger partial charge is 0.223 e. The van der Waals surface area contributed by atoms with Gasteiger partial charge in [-0.1, -0.05) is 6.07 Å². The number of carbonyl (C=O) groups is 1. The molecule has 1 aliphatic carbocycles. The lowest BCUT2D eigenvalue weighted by Gasteiger charge is -2.20. The Balaban J connectivity index is 1.76. The molecule has 21 heavy (non-hydrogen) atoms. The van der Waals surface area contributed by atoms with Gasteiger partial charge in [-0.25, -0.2) is 0 Å². The number of ether oxygens (including phenoxy) is 2. The molecule has 1 saturated carbocycles. The van der Waals surface area contributed by atoms with Crippen molar-refractivity contribution in [3.8, 4) is 11.5 Å². The second kappa shape index (κ2) is 5.56. The van der Waals surface area contributed by atoms with Crippen molar-refractivity contribution in [2.24, 2.45) is 5.92 Å². The molecule has 1 aromatic carbocycles. The first-order chi connectivity index (χ1) is 10.1. The fourth-order valence-corrected chi connectivity index (χ4v) is 3.02. The summed E-state index contributed by atoms with van der Waals surface area (Å²) in [7, 11) is 3.15. The van der Waals surface area contributed by atoms with Crippen molar-refractivity contribution in [1.29, 1.82) is 0 Å². The van der Waals surface area contributed by atoms with Gasteiger partial charge >= 0.3 is 0 Å². The van der Waals surface area contributed by atoms with Crippen LogP contribution in [0.4, 0.5) is 0 Å². The van der Waals surface area contributed by atoms with E-state index >= 15 is 0 Å². The van der Waals surface area contributed by atoms with Gasteiger partial charge in [0.2, 0.25) is 5.91 Å². The Morgan fingerprint density at radius 3 is 2.57 bits per heavy atom. The van der Waals surface area contributed by atoms with E-state index < -0.39 is 6.10 Å². The van der Waals surface area contributed by atoms with Crippen LogP contribution in [-0.2, 0) is 4.79 Å². The molecule has 2 fully saturated rings. The van der Waals surface area contributed by atoms with Crippen molar-refractivity contribution >= 4 is 5.91 Å². The third-order valence-electron chi connectivity index (χ3n) is 4.37. The van der Waals surface area contributed by atoms with E-state index in [9.17, 15) is 9.90 Å². The number of methoxy groups -OCH3 is 2. The maximum atomic E-state index is 12.0. The monoisotopic (exact) mass is 291 g/mol. The normalized spacial score (nSPS) is 23.3. The van der Waals surface area contributed by atoms with Gasteiger partial charge in [-0.2, -0.15) is 0 Å². The molecule has 3 rings (SSSR count). The number of likely N-dealkylation sites (tertiary alicyclic amines) is 1. The summed E-state index contributed by atoms with van der Waals surface area (Å²) in [6, 6.07) is 5.82. The molecule has 1 aliphatic heterocycles. The Labute approximate surface area is 124 Å². The minimum absolute atomic E-state index is 0.0452. The van der Waals surface area contributed by atoms with Crippen LogP contribution in [0.25, 0.3) is 0 Å². The molecular weight excluding hydrogens is 270 g/mol. The zero-order chi connectivity index (χ0) is 15.0. The van der Waals surface area contributed by atoms with Crippen LogP contribution >= 0.6 is 0 Å². The van der Waals surface area contributed by atoms with E-state index in [1.807, 2.05) is 11.0 Å². The van der Waals surface area contributed by atoms with Crippen LogP contribution in [0, 0.1) is 5.92 Å². The number of amides is 1. The molecule has 1 amide bonds. The number of aliphatic hydroxyl groups is 1. The van der Waals surface area contributed by atoms with Gasteiger partial charge in [-0.15, -0.1) is 0 Å². The highest BCUT2D eigenvalue weighted by molar-refractivity contribution is 5.79. The number of aliphatic hydroxyl groups excluding tert-OH is 1. The van der Waals surface area contributed by atoms with Crippen LogP contribution in [0.1, 0.15) is 30.9 Å². The molecule has 114 valence electrons. The maximum Gasteiger partial charge on any atom is 0.223 e. The van der Waals surface area contributed by atoms with E-state index in [0.29, 0.717) is 30.5 Å². The van der Waals surface area contributed by atoms with Gasteiger partial charge in [0.05, 0.1) is 20.3 Å². The van der Waals surface area contributed by atoms with Crippen molar-refractivity contribution in [3.05, 3.63) is 23.8 Å². The van der Waals surface area contributed by atoms with Crippen molar-refractivity contribution in [1.82, 2.24) is 4.90 Å². The molecule has 2 atom stereocenters. The zero-order valence-corrected chi connectivity index (χ0v) is 12.4. The quantitative estimate of drug-likeness (QED) is 0.898. The summed E-state index contributed by atoms with van der Waals surface area (Å²) < 4.78 is 10.5. The summed E-state index contributed by atoms with van der Waals surface area (Å²) in [6.45, 7) is 0.652. The van der Waals surface area contributed by atoms with E-state index in [1.54, 1.807) is 26.4 Å². The highest BCUT2D eigenvalue weighted by Gasteiger charge is 2.41. The molecule has 0 aromatic heterocycles. The van der Waals surface area contributed by atoms with Gasteiger partial charge in [0.25, 0.3) is 0 Å². The van der Waals surface area contributed by atoms with Crippen molar-refractivity contribution in [2.75, 3.05) is 20.8 Å². The molecular formula is C16H21NO4. The van der Waals surface area contributed by atoms with E-state index in [-0.39, 0.29) is 11.8 Å². The van der Waals surface area contributed by atoms with Crippen molar-refractivity contribution in [3.63, 3.8) is 0 Å². The number of rotatable bonds is 5. The van der Waals surface area contributed by atoms with Crippen LogP contribution in [0.2, 0.25) is 0 Å². The lowest BCUT2D eigenvalue weighted by atomic mass is 9.94. The molecule has 1 saturated heterocycles. The second-order valence-electron chi connectivity index (χ2n) is 5.80. The summed E-state index contributed by atoms with van der Waals surface area (Å²) in [5.41, 5.74) is 0.767. The van der Waals surface area contributed by atoms with Crippen LogP contribution in [0.5, 0.6) is 11.5 Å². The van der Waals surface area contributed by atoms with Gasteiger partial charge in [0, 0.05) is 24.9 Å².